The molecule has 4 saturated carbocycles. The summed E-state index contributed by atoms with van der Waals surface area (Å²) in [6, 6.07) is 7.72. The second-order valence-corrected chi connectivity index (χ2v) is 9.02. The van der Waals surface area contributed by atoms with Crippen molar-refractivity contribution < 1.29 is 9.53 Å². The van der Waals surface area contributed by atoms with Gasteiger partial charge in [-0.3, -0.25) is 10.1 Å². The molecule has 4 fully saturated rings. The Kier molecular flexibility index (Phi) is 5.67. The van der Waals surface area contributed by atoms with Crippen molar-refractivity contribution in [2.45, 2.75) is 57.9 Å². The van der Waals surface area contributed by atoms with E-state index in [1.807, 2.05) is 12.1 Å². The zero-order chi connectivity index (χ0) is 18.8. The average Bonchev–Trinajstić information content (AvgIpc) is 2.65. The number of ether oxygens (including phenoxy) is 1. The Morgan fingerprint density at radius 2 is 1.70 bits per heavy atom. The number of hydrogen-bond acceptors (Lipinski definition) is 3. The van der Waals surface area contributed by atoms with Crippen LogP contribution < -0.4 is 15.4 Å². The fourth-order valence-corrected chi connectivity index (χ4v) is 5.79. The number of amides is 1. The smallest absolute Gasteiger partial charge is 0.257 e. The van der Waals surface area contributed by atoms with Gasteiger partial charge in [0.05, 0.1) is 6.61 Å². The first-order valence-electron chi connectivity index (χ1n) is 10.5. The second-order valence-electron chi connectivity index (χ2n) is 8.61. The molecule has 0 radical (unpaired) electrons. The summed E-state index contributed by atoms with van der Waals surface area (Å²) in [6.45, 7) is 2.85. The maximum atomic E-state index is 12.5. The number of unbranched alkanes of at least 4 members (excludes halogenated alkanes) is 1. The van der Waals surface area contributed by atoms with Gasteiger partial charge in [0.25, 0.3) is 5.91 Å². The third-order valence-corrected chi connectivity index (χ3v) is 6.85. The van der Waals surface area contributed by atoms with Crippen molar-refractivity contribution in [3.05, 3.63) is 29.8 Å². The molecule has 1 amide bonds. The Morgan fingerprint density at radius 1 is 1.07 bits per heavy atom. The van der Waals surface area contributed by atoms with Gasteiger partial charge in [-0.25, -0.2) is 0 Å². The van der Waals surface area contributed by atoms with Gasteiger partial charge in [-0.05, 0) is 98.7 Å². The van der Waals surface area contributed by atoms with Crippen molar-refractivity contribution in [1.29, 1.82) is 0 Å². The summed E-state index contributed by atoms with van der Waals surface area (Å²) in [7, 11) is 0. The highest BCUT2D eigenvalue weighted by atomic mass is 32.1. The fourth-order valence-electron chi connectivity index (χ4n) is 5.56. The average molecular weight is 387 g/mol. The summed E-state index contributed by atoms with van der Waals surface area (Å²) < 4.78 is 5.65. The molecule has 5 heteroatoms. The summed E-state index contributed by atoms with van der Waals surface area (Å²) in [5.41, 5.74) is 0.604. The van der Waals surface area contributed by atoms with Crippen molar-refractivity contribution in [2.75, 3.05) is 6.61 Å². The summed E-state index contributed by atoms with van der Waals surface area (Å²) in [4.78, 5) is 12.5. The summed E-state index contributed by atoms with van der Waals surface area (Å²) >= 11 is 5.46. The largest absolute Gasteiger partial charge is 0.494 e. The van der Waals surface area contributed by atoms with E-state index in [-0.39, 0.29) is 5.91 Å². The van der Waals surface area contributed by atoms with E-state index in [1.54, 1.807) is 12.1 Å². The maximum Gasteiger partial charge on any atom is 0.257 e. The predicted octanol–water partition coefficient (Wildman–Crippen LogP) is 4.29. The van der Waals surface area contributed by atoms with Crippen molar-refractivity contribution in [1.82, 2.24) is 10.6 Å². The molecular formula is C22H30N2O2S. The van der Waals surface area contributed by atoms with Crippen molar-refractivity contribution in [3.8, 4) is 5.75 Å². The molecule has 27 heavy (non-hydrogen) atoms. The Hall–Kier alpha value is -1.62. The van der Waals surface area contributed by atoms with Crippen LogP contribution in [0.3, 0.4) is 0 Å². The Morgan fingerprint density at radius 3 is 2.30 bits per heavy atom. The van der Waals surface area contributed by atoms with Crippen LogP contribution in [0.4, 0.5) is 0 Å². The van der Waals surface area contributed by atoms with Gasteiger partial charge < -0.3 is 10.1 Å². The molecule has 5 rings (SSSR count). The molecule has 2 N–H and O–H groups in total. The highest BCUT2D eigenvalue weighted by Gasteiger charge is 2.48. The standard InChI is InChI=1S/C22H30N2O2S/c1-2-3-8-26-19-6-4-16(5-7-19)21(25)24-22(27)23-20-17-10-14-9-15(12-17)13-18(20)11-14/h4-7,14-15,17-18,20H,2-3,8-13H2,1H3,(H2,23,24,25,27). The van der Waals surface area contributed by atoms with Crippen LogP contribution in [0.2, 0.25) is 0 Å². The number of hydrogen-bond donors (Lipinski definition) is 2. The van der Waals surface area contributed by atoms with E-state index in [2.05, 4.69) is 17.6 Å². The van der Waals surface area contributed by atoms with Crippen LogP contribution in [0, 0.1) is 23.7 Å². The van der Waals surface area contributed by atoms with Gasteiger partial charge in [0, 0.05) is 11.6 Å². The predicted molar refractivity (Wildman–Crippen MR) is 111 cm³/mol. The lowest BCUT2D eigenvalue weighted by Gasteiger charge is -2.54. The SMILES string of the molecule is CCCCOc1ccc(C(=O)NC(=S)NC2C3CC4CC(C3)CC2C4)cc1. The second kappa shape index (κ2) is 8.17. The molecule has 0 atom stereocenters. The van der Waals surface area contributed by atoms with Crippen LogP contribution in [-0.4, -0.2) is 23.7 Å². The molecule has 146 valence electrons. The number of rotatable bonds is 6. The van der Waals surface area contributed by atoms with Gasteiger partial charge in [0.2, 0.25) is 0 Å². The molecule has 0 unspecified atom stereocenters. The van der Waals surface area contributed by atoms with Gasteiger partial charge in [-0.2, -0.15) is 0 Å². The van der Waals surface area contributed by atoms with Crippen LogP contribution in [0.15, 0.2) is 24.3 Å². The monoisotopic (exact) mass is 386 g/mol. The summed E-state index contributed by atoms with van der Waals surface area (Å²) in [5.74, 6) is 3.98. The van der Waals surface area contributed by atoms with Gasteiger partial charge in [-0.15, -0.1) is 0 Å². The zero-order valence-corrected chi connectivity index (χ0v) is 16.9. The van der Waals surface area contributed by atoms with Gasteiger partial charge in [-0.1, -0.05) is 13.3 Å². The highest BCUT2D eigenvalue weighted by molar-refractivity contribution is 7.80. The Bertz CT molecular complexity index is 660. The molecule has 0 spiro atoms. The molecule has 0 aliphatic heterocycles. The molecule has 4 bridgehead atoms. The molecule has 4 aliphatic carbocycles. The molecular weight excluding hydrogens is 356 g/mol. The highest BCUT2D eigenvalue weighted by Crippen LogP contribution is 2.53. The van der Waals surface area contributed by atoms with Crippen LogP contribution >= 0.6 is 12.2 Å². The maximum absolute atomic E-state index is 12.5. The number of carbonyl (C=O) groups is 1. The molecule has 4 nitrogen and oxygen atoms in total. The van der Waals surface area contributed by atoms with Gasteiger partial charge in [0.1, 0.15) is 5.75 Å². The first-order valence-corrected chi connectivity index (χ1v) is 10.9. The van der Waals surface area contributed by atoms with Crippen molar-refractivity contribution in [2.24, 2.45) is 23.7 Å². The molecule has 1 aromatic rings. The van der Waals surface area contributed by atoms with E-state index < -0.39 is 0 Å². The van der Waals surface area contributed by atoms with E-state index in [0.29, 0.717) is 23.3 Å². The minimum atomic E-state index is -0.156. The fraction of sp³-hybridized carbons (Fsp3) is 0.636. The van der Waals surface area contributed by atoms with E-state index in [4.69, 9.17) is 17.0 Å². The van der Waals surface area contributed by atoms with Crippen molar-refractivity contribution >= 4 is 23.2 Å². The summed E-state index contributed by atoms with van der Waals surface area (Å²) in [5, 5.41) is 6.82. The summed E-state index contributed by atoms with van der Waals surface area (Å²) in [6.07, 6.45) is 8.92. The Labute approximate surface area is 167 Å². The number of benzene rings is 1. The van der Waals surface area contributed by atoms with Crippen LogP contribution in [0.1, 0.15) is 62.2 Å². The molecule has 4 aliphatic rings. The molecule has 0 saturated heterocycles. The first-order chi connectivity index (χ1) is 13.1. The quantitative estimate of drug-likeness (QED) is 0.565. The minimum Gasteiger partial charge on any atom is -0.494 e. The van der Waals surface area contributed by atoms with Crippen LogP contribution in [0.5, 0.6) is 5.75 Å². The van der Waals surface area contributed by atoms with E-state index >= 15 is 0 Å². The van der Waals surface area contributed by atoms with Gasteiger partial charge >= 0.3 is 0 Å². The van der Waals surface area contributed by atoms with Gasteiger partial charge in [0.15, 0.2) is 5.11 Å². The van der Waals surface area contributed by atoms with E-state index in [1.165, 1.54) is 32.1 Å². The molecule has 0 heterocycles. The van der Waals surface area contributed by atoms with E-state index in [0.717, 1.165) is 42.3 Å². The topological polar surface area (TPSA) is 50.4 Å². The first kappa shape index (κ1) is 18.7. The third kappa shape index (κ3) is 4.29. The lowest BCUT2D eigenvalue weighted by atomic mass is 9.54. The lowest BCUT2D eigenvalue weighted by Crippen LogP contribution is -2.57. The third-order valence-electron chi connectivity index (χ3n) is 6.63. The van der Waals surface area contributed by atoms with Crippen molar-refractivity contribution in [3.63, 3.8) is 0 Å². The number of thiocarbonyl (C=S) groups is 1. The van der Waals surface area contributed by atoms with Crippen LogP contribution in [0.25, 0.3) is 0 Å². The van der Waals surface area contributed by atoms with E-state index in [9.17, 15) is 4.79 Å². The van der Waals surface area contributed by atoms with Crippen LogP contribution in [-0.2, 0) is 0 Å². The minimum absolute atomic E-state index is 0.156. The lowest BCUT2D eigenvalue weighted by molar-refractivity contribution is -0.00692. The molecule has 0 aromatic heterocycles. The number of carbonyl (C=O) groups excluding carboxylic acids is 1. The molecule has 1 aromatic carbocycles. The number of nitrogens with one attached hydrogen (secondary N) is 2. The normalized spacial score (nSPS) is 30.8. The zero-order valence-electron chi connectivity index (χ0n) is 16.1. The Balaban J connectivity index is 1.28.